The highest BCUT2D eigenvalue weighted by atomic mass is 127. The van der Waals surface area contributed by atoms with Crippen molar-refractivity contribution >= 4 is 40.1 Å². The van der Waals surface area contributed by atoms with Crippen LogP contribution in [0.15, 0.2) is 36.7 Å². The fraction of sp³-hybridized carbons (Fsp3) is 0.360. The fourth-order valence-electron chi connectivity index (χ4n) is 4.69. The standard InChI is InChI=1S/C25H27FIN5O3/c1-14-12-19-21(25(33)29-14)23(30-18-5-3-4-17(26)24(18)34-2)22(31-19)16-6-9-28-13-20(16)35-15-7-10-32(27)11-8-15/h3-6,9,13-15,30-31H,7-8,10-12H2,1-2H3,(H,29,33)/t14-/m0/s1. The predicted octanol–water partition coefficient (Wildman–Crippen LogP) is 4.84. The monoisotopic (exact) mass is 591 g/mol. The third-order valence-corrected chi connectivity index (χ3v) is 7.32. The first kappa shape index (κ1) is 23.9. The van der Waals surface area contributed by atoms with E-state index in [0.717, 1.165) is 37.2 Å². The SMILES string of the molecule is COc1c(F)cccc1Nc1c(-c2ccncc2OC2CCN(I)CC2)[nH]c2c1C(=O)N[C@@H](C)C2. The molecule has 1 aromatic carbocycles. The van der Waals surface area contributed by atoms with Gasteiger partial charge in [0.25, 0.3) is 5.91 Å². The Morgan fingerprint density at radius 3 is 2.83 bits per heavy atom. The summed E-state index contributed by atoms with van der Waals surface area (Å²) in [7, 11) is 1.42. The van der Waals surface area contributed by atoms with Crippen molar-refractivity contribution in [3.8, 4) is 22.8 Å². The van der Waals surface area contributed by atoms with Gasteiger partial charge in [-0.1, -0.05) is 6.07 Å². The number of methoxy groups -OCH3 is 1. The quantitative estimate of drug-likeness (QED) is 0.281. The second kappa shape index (κ2) is 10.0. The van der Waals surface area contributed by atoms with Crippen molar-refractivity contribution in [2.45, 2.75) is 38.3 Å². The molecule has 0 bridgehead atoms. The molecule has 1 saturated heterocycles. The summed E-state index contributed by atoms with van der Waals surface area (Å²) in [5, 5.41) is 6.28. The van der Waals surface area contributed by atoms with Crippen molar-refractivity contribution in [1.82, 2.24) is 18.4 Å². The molecule has 184 valence electrons. The first-order valence-corrected chi connectivity index (χ1v) is 12.6. The molecule has 1 atom stereocenters. The molecule has 35 heavy (non-hydrogen) atoms. The van der Waals surface area contributed by atoms with Crippen LogP contribution in [-0.4, -0.2) is 51.3 Å². The molecule has 2 aliphatic rings. The Morgan fingerprint density at radius 1 is 1.26 bits per heavy atom. The van der Waals surface area contributed by atoms with Crippen LogP contribution in [0.3, 0.4) is 0 Å². The van der Waals surface area contributed by atoms with Crippen molar-refractivity contribution < 1.29 is 18.7 Å². The minimum atomic E-state index is -0.490. The summed E-state index contributed by atoms with van der Waals surface area (Å²) in [4.78, 5) is 20.8. The van der Waals surface area contributed by atoms with E-state index in [1.807, 2.05) is 13.0 Å². The summed E-state index contributed by atoms with van der Waals surface area (Å²) in [5.74, 6) is 0.0385. The number of benzene rings is 1. The van der Waals surface area contributed by atoms with Gasteiger partial charge in [0.15, 0.2) is 11.6 Å². The van der Waals surface area contributed by atoms with Gasteiger partial charge < -0.3 is 25.1 Å². The Kier molecular flexibility index (Phi) is 6.83. The van der Waals surface area contributed by atoms with Crippen molar-refractivity contribution in [1.29, 1.82) is 0 Å². The molecule has 5 rings (SSSR count). The van der Waals surface area contributed by atoms with Crippen LogP contribution in [0.1, 0.15) is 35.8 Å². The number of amides is 1. The Hall–Kier alpha value is -2.86. The molecule has 0 aliphatic carbocycles. The number of aromatic nitrogens is 2. The topological polar surface area (TPSA) is 91.5 Å². The van der Waals surface area contributed by atoms with Gasteiger partial charge in [-0.15, -0.1) is 0 Å². The minimum absolute atomic E-state index is 0.00956. The molecule has 4 heterocycles. The number of halogens is 2. The van der Waals surface area contributed by atoms with E-state index in [1.54, 1.807) is 24.5 Å². The normalized spacial score (nSPS) is 18.6. The molecular weight excluding hydrogens is 564 g/mol. The van der Waals surface area contributed by atoms with E-state index in [1.165, 1.54) is 13.2 Å². The van der Waals surface area contributed by atoms with Gasteiger partial charge in [0.1, 0.15) is 11.9 Å². The number of aromatic amines is 1. The van der Waals surface area contributed by atoms with E-state index in [9.17, 15) is 9.18 Å². The van der Waals surface area contributed by atoms with E-state index in [-0.39, 0.29) is 23.8 Å². The molecule has 0 spiro atoms. The van der Waals surface area contributed by atoms with E-state index in [4.69, 9.17) is 9.47 Å². The number of fused-ring (bicyclic) bond motifs is 1. The molecule has 10 heteroatoms. The van der Waals surface area contributed by atoms with Gasteiger partial charge in [-0.3, -0.25) is 9.78 Å². The highest BCUT2D eigenvalue weighted by molar-refractivity contribution is 14.1. The van der Waals surface area contributed by atoms with Crippen LogP contribution in [0.25, 0.3) is 11.3 Å². The molecule has 3 N–H and O–H groups in total. The number of para-hydroxylation sites is 1. The molecular formula is C25H27FIN5O3. The highest BCUT2D eigenvalue weighted by Crippen LogP contribution is 2.42. The third kappa shape index (κ3) is 4.81. The molecule has 0 unspecified atom stereocenters. The molecule has 2 aliphatic heterocycles. The fourth-order valence-corrected chi connectivity index (χ4v) is 5.24. The number of nitrogens with zero attached hydrogens (tertiary/aromatic N) is 2. The van der Waals surface area contributed by atoms with E-state index in [0.29, 0.717) is 34.8 Å². The van der Waals surface area contributed by atoms with Crippen LogP contribution in [0.4, 0.5) is 15.8 Å². The van der Waals surface area contributed by atoms with Gasteiger partial charge >= 0.3 is 0 Å². The number of hydrogen-bond donors (Lipinski definition) is 3. The van der Waals surface area contributed by atoms with Gasteiger partial charge in [0.05, 0.1) is 35.9 Å². The zero-order valence-electron chi connectivity index (χ0n) is 19.5. The number of nitrogens with one attached hydrogen (secondary N) is 3. The number of piperidine rings is 1. The van der Waals surface area contributed by atoms with Crippen molar-refractivity contribution in [3.63, 3.8) is 0 Å². The largest absolute Gasteiger partial charge is 0.492 e. The molecule has 0 radical (unpaired) electrons. The summed E-state index contributed by atoms with van der Waals surface area (Å²) in [6.45, 7) is 3.88. The van der Waals surface area contributed by atoms with Crippen molar-refractivity contribution in [2.75, 3.05) is 25.5 Å². The summed E-state index contributed by atoms with van der Waals surface area (Å²) < 4.78 is 28.4. The molecule has 2 aromatic heterocycles. The second-order valence-corrected chi connectivity index (χ2v) is 10.2. The Balaban J connectivity index is 1.60. The smallest absolute Gasteiger partial charge is 0.255 e. The molecule has 3 aromatic rings. The van der Waals surface area contributed by atoms with Gasteiger partial charge in [0.2, 0.25) is 0 Å². The number of ether oxygens (including phenoxy) is 2. The average molecular weight is 591 g/mol. The number of H-pyrrole nitrogens is 1. The summed E-state index contributed by atoms with van der Waals surface area (Å²) in [6.07, 6.45) is 5.97. The number of anilines is 2. The van der Waals surface area contributed by atoms with Crippen LogP contribution in [-0.2, 0) is 6.42 Å². The summed E-state index contributed by atoms with van der Waals surface area (Å²) in [6, 6.07) is 6.51. The van der Waals surface area contributed by atoms with Crippen molar-refractivity contribution in [3.05, 3.63) is 53.7 Å². The van der Waals surface area contributed by atoms with E-state index >= 15 is 0 Å². The maximum atomic E-state index is 14.4. The first-order valence-electron chi connectivity index (χ1n) is 11.6. The first-order chi connectivity index (χ1) is 16.9. The average Bonchev–Trinajstić information content (AvgIpc) is 3.19. The van der Waals surface area contributed by atoms with Crippen molar-refractivity contribution in [2.24, 2.45) is 0 Å². The van der Waals surface area contributed by atoms with Crippen LogP contribution >= 0.6 is 22.9 Å². The van der Waals surface area contributed by atoms with Crippen LogP contribution in [0, 0.1) is 5.82 Å². The maximum Gasteiger partial charge on any atom is 0.255 e. The third-order valence-electron chi connectivity index (χ3n) is 6.36. The Labute approximate surface area is 217 Å². The van der Waals surface area contributed by atoms with Gasteiger partial charge in [0, 0.05) is 65.9 Å². The molecule has 0 saturated carbocycles. The minimum Gasteiger partial charge on any atom is -0.492 e. The molecule has 8 nitrogen and oxygen atoms in total. The number of rotatable bonds is 6. The lowest BCUT2D eigenvalue weighted by Gasteiger charge is -2.28. The Morgan fingerprint density at radius 2 is 2.06 bits per heavy atom. The number of pyridine rings is 1. The second-order valence-electron chi connectivity index (χ2n) is 8.85. The number of carbonyl (C=O) groups excluding carboxylic acids is 1. The maximum absolute atomic E-state index is 14.4. The van der Waals surface area contributed by atoms with Gasteiger partial charge in [-0.05, 0) is 38.0 Å². The van der Waals surface area contributed by atoms with Crippen LogP contribution < -0.4 is 20.1 Å². The highest BCUT2D eigenvalue weighted by Gasteiger charge is 2.31. The van der Waals surface area contributed by atoms with Crippen LogP contribution in [0.2, 0.25) is 0 Å². The number of hydrogen-bond acceptors (Lipinski definition) is 6. The number of carbonyl (C=O) groups is 1. The van der Waals surface area contributed by atoms with Gasteiger partial charge in [-0.25, -0.2) is 7.50 Å². The molecule has 1 amide bonds. The lowest BCUT2D eigenvalue weighted by atomic mass is 10.0. The lowest BCUT2D eigenvalue weighted by Crippen LogP contribution is -2.39. The lowest BCUT2D eigenvalue weighted by molar-refractivity contribution is 0.0930. The van der Waals surface area contributed by atoms with E-state index < -0.39 is 5.82 Å². The zero-order valence-corrected chi connectivity index (χ0v) is 21.7. The van der Waals surface area contributed by atoms with Crippen LogP contribution in [0.5, 0.6) is 11.5 Å². The van der Waals surface area contributed by atoms with E-state index in [2.05, 4.69) is 46.6 Å². The summed E-state index contributed by atoms with van der Waals surface area (Å²) in [5.41, 5.74) is 3.76. The summed E-state index contributed by atoms with van der Waals surface area (Å²) >= 11 is 2.34. The van der Waals surface area contributed by atoms with Gasteiger partial charge in [-0.2, -0.15) is 0 Å². The Bertz CT molecular complexity index is 1240. The zero-order chi connectivity index (χ0) is 24.5. The molecule has 1 fully saturated rings. The predicted molar refractivity (Wildman–Crippen MR) is 140 cm³/mol.